The van der Waals surface area contributed by atoms with E-state index >= 15 is 0 Å². The zero-order valence-corrected chi connectivity index (χ0v) is 14.2. The Morgan fingerprint density at radius 1 is 1.22 bits per heavy atom. The lowest BCUT2D eigenvalue weighted by atomic mass is 10.2. The summed E-state index contributed by atoms with van der Waals surface area (Å²) in [7, 11) is 1.59. The Labute approximate surface area is 137 Å². The van der Waals surface area contributed by atoms with E-state index in [4.69, 9.17) is 19.0 Å². The summed E-state index contributed by atoms with van der Waals surface area (Å²) in [4.78, 5) is 18.2. The van der Waals surface area contributed by atoms with Crippen molar-refractivity contribution in [2.45, 2.75) is 51.9 Å². The molecule has 0 aliphatic carbocycles. The number of carbonyl (C=O) groups excluding carboxylic acids is 1. The predicted octanol–water partition coefficient (Wildman–Crippen LogP) is 3.89. The Hall–Kier alpha value is -1.79. The van der Waals surface area contributed by atoms with Crippen LogP contribution in [0.1, 0.15) is 40.0 Å². The second kappa shape index (κ2) is 7.66. The van der Waals surface area contributed by atoms with Gasteiger partial charge in [-0.2, -0.15) is 5.06 Å². The Balaban J connectivity index is 2.16. The maximum Gasteiger partial charge on any atom is 0.439 e. The van der Waals surface area contributed by atoms with E-state index in [0.717, 1.165) is 24.3 Å². The Morgan fingerprint density at radius 2 is 1.91 bits per heavy atom. The summed E-state index contributed by atoms with van der Waals surface area (Å²) >= 11 is 0. The third-order valence-electron chi connectivity index (χ3n) is 3.23. The third kappa shape index (κ3) is 5.41. The zero-order valence-electron chi connectivity index (χ0n) is 14.2. The highest BCUT2D eigenvalue weighted by Gasteiger charge is 2.28. The van der Waals surface area contributed by atoms with Gasteiger partial charge in [0.2, 0.25) is 0 Å². The number of anilines is 1. The van der Waals surface area contributed by atoms with Crippen LogP contribution in [-0.2, 0) is 14.3 Å². The average molecular weight is 323 g/mol. The molecule has 0 saturated carbocycles. The first-order valence-corrected chi connectivity index (χ1v) is 7.84. The molecule has 0 bridgehead atoms. The molecule has 1 aliphatic heterocycles. The van der Waals surface area contributed by atoms with Gasteiger partial charge in [-0.05, 0) is 57.9 Å². The number of ether oxygens (including phenoxy) is 3. The second-order valence-corrected chi connectivity index (χ2v) is 6.37. The van der Waals surface area contributed by atoms with Crippen molar-refractivity contribution in [2.24, 2.45) is 0 Å². The van der Waals surface area contributed by atoms with Crippen LogP contribution in [0.15, 0.2) is 24.3 Å². The minimum absolute atomic E-state index is 0.446. The van der Waals surface area contributed by atoms with Crippen LogP contribution in [-0.4, -0.2) is 31.7 Å². The maximum absolute atomic E-state index is 12.5. The number of methoxy groups -OCH3 is 1. The lowest BCUT2D eigenvalue weighted by molar-refractivity contribution is -0.167. The molecule has 1 fully saturated rings. The highest BCUT2D eigenvalue weighted by molar-refractivity contribution is 5.85. The van der Waals surface area contributed by atoms with Crippen molar-refractivity contribution in [1.29, 1.82) is 0 Å². The van der Waals surface area contributed by atoms with E-state index < -0.39 is 18.0 Å². The van der Waals surface area contributed by atoms with Crippen molar-refractivity contribution in [1.82, 2.24) is 0 Å². The quantitative estimate of drug-likeness (QED) is 0.787. The lowest BCUT2D eigenvalue weighted by Gasteiger charge is -2.31. The molecule has 128 valence electrons. The van der Waals surface area contributed by atoms with Crippen LogP contribution in [0.25, 0.3) is 0 Å². The molecule has 0 radical (unpaired) electrons. The van der Waals surface area contributed by atoms with E-state index in [1.54, 1.807) is 31.4 Å². The topological polar surface area (TPSA) is 57.2 Å². The highest BCUT2D eigenvalue weighted by Crippen LogP contribution is 2.25. The van der Waals surface area contributed by atoms with Gasteiger partial charge in [-0.25, -0.2) is 9.63 Å². The molecule has 0 N–H and O–H groups in total. The van der Waals surface area contributed by atoms with Gasteiger partial charge in [-0.1, -0.05) is 0 Å². The number of nitrogens with zero attached hydrogens (tertiary/aromatic N) is 1. The first-order chi connectivity index (χ1) is 10.9. The fraction of sp³-hybridized carbons (Fsp3) is 0.588. The van der Waals surface area contributed by atoms with Gasteiger partial charge >= 0.3 is 6.09 Å². The van der Waals surface area contributed by atoms with Gasteiger partial charge < -0.3 is 14.2 Å². The van der Waals surface area contributed by atoms with Crippen LogP contribution >= 0.6 is 0 Å². The summed E-state index contributed by atoms with van der Waals surface area (Å²) in [6.45, 7) is 6.08. The predicted molar refractivity (Wildman–Crippen MR) is 86.4 cm³/mol. The van der Waals surface area contributed by atoms with E-state index in [9.17, 15) is 4.79 Å². The van der Waals surface area contributed by atoms with Crippen molar-refractivity contribution in [3.63, 3.8) is 0 Å². The van der Waals surface area contributed by atoms with E-state index in [-0.39, 0.29) is 0 Å². The molecule has 6 nitrogen and oxygen atoms in total. The average Bonchev–Trinajstić information content (AvgIpc) is 2.52. The van der Waals surface area contributed by atoms with Crippen molar-refractivity contribution >= 4 is 11.8 Å². The summed E-state index contributed by atoms with van der Waals surface area (Å²) in [6.07, 6.45) is 1.75. The summed E-state index contributed by atoms with van der Waals surface area (Å²) in [5.41, 5.74) is -0.0484. The number of hydroxylamine groups is 1. The van der Waals surface area contributed by atoms with Crippen molar-refractivity contribution in [2.75, 3.05) is 18.8 Å². The van der Waals surface area contributed by atoms with Crippen molar-refractivity contribution in [3.8, 4) is 5.75 Å². The van der Waals surface area contributed by atoms with Gasteiger partial charge in [0, 0.05) is 13.0 Å². The molecule has 1 unspecified atom stereocenters. The fourth-order valence-corrected chi connectivity index (χ4v) is 2.14. The molecule has 1 saturated heterocycles. The van der Waals surface area contributed by atoms with E-state index in [1.807, 2.05) is 20.8 Å². The normalized spacial score (nSPS) is 18.3. The fourth-order valence-electron chi connectivity index (χ4n) is 2.14. The Morgan fingerprint density at radius 3 is 2.43 bits per heavy atom. The van der Waals surface area contributed by atoms with E-state index in [1.165, 1.54) is 0 Å². The minimum Gasteiger partial charge on any atom is -0.497 e. The molecular formula is C17H25NO5. The van der Waals surface area contributed by atoms with Gasteiger partial charge in [0.05, 0.1) is 12.8 Å². The van der Waals surface area contributed by atoms with Gasteiger partial charge in [0.1, 0.15) is 11.4 Å². The molecule has 1 heterocycles. The number of carbonyl (C=O) groups is 1. The molecule has 1 aromatic rings. The van der Waals surface area contributed by atoms with Crippen molar-refractivity contribution < 1.29 is 23.8 Å². The molecule has 1 aromatic carbocycles. The molecule has 6 heteroatoms. The van der Waals surface area contributed by atoms with Gasteiger partial charge in [0.25, 0.3) is 0 Å². The Kier molecular flexibility index (Phi) is 5.85. The van der Waals surface area contributed by atoms with Crippen LogP contribution in [0.5, 0.6) is 5.75 Å². The summed E-state index contributed by atoms with van der Waals surface area (Å²) < 4.78 is 16.1. The largest absolute Gasteiger partial charge is 0.497 e. The van der Waals surface area contributed by atoms with E-state index in [2.05, 4.69) is 0 Å². The maximum atomic E-state index is 12.5. The standard InChI is InChI=1S/C17H25NO5/c1-17(2,3)22-16(19)18(23-15-7-5-6-12-21-15)13-8-10-14(20-4)11-9-13/h8-11,15H,5-7,12H2,1-4H3. The number of rotatable bonds is 4. The number of hydrogen-bond acceptors (Lipinski definition) is 5. The SMILES string of the molecule is COc1ccc(N(OC2CCCCO2)C(=O)OC(C)(C)C)cc1. The molecule has 1 atom stereocenters. The van der Waals surface area contributed by atoms with Crippen LogP contribution in [0, 0.1) is 0 Å². The smallest absolute Gasteiger partial charge is 0.439 e. The monoisotopic (exact) mass is 323 g/mol. The Bertz CT molecular complexity index is 503. The first-order valence-electron chi connectivity index (χ1n) is 7.84. The zero-order chi connectivity index (χ0) is 16.9. The molecule has 0 spiro atoms. The second-order valence-electron chi connectivity index (χ2n) is 6.37. The van der Waals surface area contributed by atoms with Crippen molar-refractivity contribution in [3.05, 3.63) is 24.3 Å². The van der Waals surface area contributed by atoms with E-state index in [0.29, 0.717) is 18.0 Å². The van der Waals surface area contributed by atoms with Crippen LogP contribution < -0.4 is 9.80 Å². The summed E-state index contributed by atoms with van der Waals surface area (Å²) in [5.74, 6) is 0.701. The highest BCUT2D eigenvalue weighted by atomic mass is 16.8. The molecular weight excluding hydrogens is 298 g/mol. The number of benzene rings is 1. The van der Waals surface area contributed by atoms with Gasteiger partial charge in [-0.3, -0.25) is 0 Å². The minimum atomic E-state index is -0.613. The van der Waals surface area contributed by atoms with Crippen LogP contribution in [0.3, 0.4) is 0 Å². The molecule has 0 aromatic heterocycles. The van der Waals surface area contributed by atoms with Gasteiger partial charge in [0.15, 0.2) is 6.29 Å². The van der Waals surface area contributed by atoms with Crippen LogP contribution in [0.4, 0.5) is 10.5 Å². The first kappa shape index (κ1) is 17.6. The molecule has 1 amide bonds. The number of amides is 1. The van der Waals surface area contributed by atoms with Gasteiger partial charge in [-0.15, -0.1) is 0 Å². The van der Waals surface area contributed by atoms with Crippen LogP contribution in [0.2, 0.25) is 0 Å². The third-order valence-corrected chi connectivity index (χ3v) is 3.23. The summed E-state index contributed by atoms with van der Waals surface area (Å²) in [6, 6.07) is 7.01. The molecule has 1 aliphatic rings. The number of hydrogen-bond donors (Lipinski definition) is 0. The summed E-state index contributed by atoms with van der Waals surface area (Å²) in [5, 5.41) is 1.15. The lowest BCUT2D eigenvalue weighted by Crippen LogP contribution is -2.41. The molecule has 23 heavy (non-hydrogen) atoms. The molecule has 2 rings (SSSR count).